The molecule has 2 aromatic heterocycles. The lowest BCUT2D eigenvalue weighted by Crippen LogP contribution is -1.99. The van der Waals surface area contributed by atoms with Gasteiger partial charge in [0.1, 0.15) is 5.15 Å². The Morgan fingerprint density at radius 1 is 1.39 bits per heavy atom. The number of rotatable bonds is 3. The minimum absolute atomic E-state index is 0.413. The summed E-state index contributed by atoms with van der Waals surface area (Å²) in [5.41, 5.74) is 2.04. The molecule has 0 amide bonds. The molecule has 1 aliphatic rings. The van der Waals surface area contributed by atoms with Gasteiger partial charge in [0.05, 0.1) is 11.6 Å². The number of hydrogen-bond donors (Lipinski definition) is 0. The molecule has 0 aliphatic heterocycles. The van der Waals surface area contributed by atoms with Crippen LogP contribution in [0, 0.1) is 0 Å². The van der Waals surface area contributed by atoms with Gasteiger partial charge in [-0.05, 0) is 12.8 Å². The van der Waals surface area contributed by atoms with Gasteiger partial charge in [-0.15, -0.1) is 22.9 Å². The summed E-state index contributed by atoms with van der Waals surface area (Å²) in [7, 11) is 0. The first-order valence-corrected chi connectivity index (χ1v) is 7.83. The van der Waals surface area contributed by atoms with Crippen molar-refractivity contribution in [2.45, 2.75) is 37.5 Å². The zero-order chi connectivity index (χ0) is 12.5. The van der Waals surface area contributed by atoms with E-state index < -0.39 is 0 Å². The summed E-state index contributed by atoms with van der Waals surface area (Å²) in [6.07, 6.45) is 6.68. The van der Waals surface area contributed by atoms with Crippen molar-refractivity contribution in [1.29, 1.82) is 0 Å². The third-order valence-corrected chi connectivity index (χ3v) is 4.83. The quantitative estimate of drug-likeness (QED) is 0.788. The molecular weight excluding hydrogens is 289 g/mol. The summed E-state index contributed by atoms with van der Waals surface area (Å²) in [6, 6.07) is 0. The summed E-state index contributed by atoms with van der Waals surface area (Å²) >= 11 is 13.9. The molecule has 0 saturated heterocycles. The number of alkyl halides is 1. The van der Waals surface area contributed by atoms with Crippen molar-refractivity contribution in [3.8, 4) is 5.13 Å². The number of thiazole rings is 1. The maximum Gasteiger partial charge on any atom is 0.211 e. The van der Waals surface area contributed by atoms with Crippen LogP contribution >= 0.6 is 34.5 Å². The average molecular weight is 302 g/mol. The topological polar surface area (TPSA) is 30.7 Å². The van der Waals surface area contributed by atoms with Crippen LogP contribution in [-0.4, -0.2) is 14.8 Å². The monoisotopic (exact) mass is 301 g/mol. The van der Waals surface area contributed by atoms with Crippen LogP contribution in [0.5, 0.6) is 0 Å². The molecule has 0 radical (unpaired) electrons. The Bertz CT molecular complexity index is 530. The van der Waals surface area contributed by atoms with E-state index in [1.165, 1.54) is 37.0 Å². The van der Waals surface area contributed by atoms with E-state index in [1.807, 2.05) is 5.38 Å². The van der Waals surface area contributed by atoms with Crippen LogP contribution in [0.3, 0.4) is 0 Å². The fourth-order valence-electron chi connectivity index (χ4n) is 2.54. The summed E-state index contributed by atoms with van der Waals surface area (Å²) < 4.78 is 1.72. The van der Waals surface area contributed by atoms with E-state index in [4.69, 9.17) is 23.2 Å². The van der Waals surface area contributed by atoms with Gasteiger partial charge in [-0.2, -0.15) is 9.78 Å². The van der Waals surface area contributed by atoms with Gasteiger partial charge < -0.3 is 0 Å². The zero-order valence-corrected chi connectivity index (χ0v) is 12.1. The first kappa shape index (κ1) is 12.5. The number of hydrogen-bond acceptors (Lipinski definition) is 3. The van der Waals surface area contributed by atoms with Gasteiger partial charge in [0, 0.05) is 23.1 Å². The Kier molecular flexibility index (Phi) is 3.59. The van der Waals surface area contributed by atoms with Crippen LogP contribution in [0.2, 0.25) is 5.15 Å². The fourth-order valence-corrected chi connectivity index (χ4v) is 3.80. The van der Waals surface area contributed by atoms with Gasteiger partial charge in [0.2, 0.25) is 5.13 Å². The lowest BCUT2D eigenvalue weighted by atomic mass is 10.0. The molecule has 0 spiro atoms. The smallest absolute Gasteiger partial charge is 0.211 e. The molecule has 18 heavy (non-hydrogen) atoms. The Morgan fingerprint density at radius 2 is 2.17 bits per heavy atom. The standard InChI is InChI=1S/C12H13Cl2N3S/c13-7-9-10(8-3-1-2-4-8)16-17(11(9)14)12-15-5-6-18-12/h5-6,8H,1-4,7H2. The van der Waals surface area contributed by atoms with Crippen molar-refractivity contribution in [1.82, 2.24) is 14.8 Å². The Balaban J connectivity index is 2.06. The Hall–Kier alpha value is -0.580. The zero-order valence-electron chi connectivity index (χ0n) is 9.77. The van der Waals surface area contributed by atoms with E-state index in [-0.39, 0.29) is 0 Å². The molecule has 0 bridgehead atoms. The first-order valence-electron chi connectivity index (χ1n) is 6.04. The molecule has 0 N–H and O–H groups in total. The molecule has 96 valence electrons. The molecule has 2 heterocycles. The predicted molar refractivity (Wildman–Crippen MR) is 75.0 cm³/mol. The second-order valence-corrected chi connectivity index (χ2v) is 5.99. The maximum atomic E-state index is 6.38. The number of aromatic nitrogens is 3. The first-order chi connectivity index (χ1) is 8.81. The lowest BCUT2D eigenvalue weighted by Gasteiger charge is -2.06. The normalized spacial score (nSPS) is 16.6. The van der Waals surface area contributed by atoms with Crippen LogP contribution < -0.4 is 0 Å². The average Bonchev–Trinajstić information content (AvgIpc) is 3.09. The minimum Gasteiger partial charge on any atom is -0.227 e. The molecule has 1 fully saturated rings. The lowest BCUT2D eigenvalue weighted by molar-refractivity contribution is 0.674. The second kappa shape index (κ2) is 5.19. The summed E-state index contributed by atoms with van der Waals surface area (Å²) in [6.45, 7) is 0. The third kappa shape index (κ3) is 2.06. The van der Waals surface area contributed by atoms with Gasteiger partial charge in [0.25, 0.3) is 0 Å². The molecule has 6 heteroatoms. The van der Waals surface area contributed by atoms with Gasteiger partial charge in [-0.25, -0.2) is 4.98 Å². The molecule has 1 aliphatic carbocycles. The molecular formula is C12H13Cl2N3S. The van der Waals surface area contributed by atoms with Crippen molar-refractivity contribution < 1.29 is 0 Å². The van der Waals surface area contributed by atoms with E-state index in [2.05, 4.69) is 10.1 Å². The van der Waals surface area contributed by atoms with Crippen molar-refractivity contribution in [3.05, 3.63) is 28.0 Å². The molecule has 3 rings (SSSR count). The van der Waals surface area contributed by atoms with E-state index in [0.29, 0.717) is 17.0 Å². The highest BCUT2D eigenvalue weighted by atomic mass is 35.5. The fraction of sp³-hybridized carbons (Fsp3) is 0.500. The minimum atomic E-state index is 0.413. The highest BCUT2D eigenvalue weighted by molar-refractivity contribution is 7.12. The van der Waals surface area contributed by atoms with E-state index in [1.54, 1.807) is 10.9 Å². The van der Waals surface area contributed by atoms with Crippen molar-refractivity contribution in [2.75, 3.05) is 0 Å². The van der Waals surface area contributed by atoms with Gasteiger partial charge in [-0.1, -0.05) is 24.4 Å². The Morgan fingerprint density at radius 3 is 2.78 bits per heavy atom. The summed E-state index contributed by atoms with van der Waals surface area (Å²) in [4.78, 5) is 4.25. The van der Waals surface area contributed by atoms with E-state index in [9.17, 15) is 0 Å². The van der Waals surface area contributed by atoms with E-state index >= 15 is 0 Å². The van der Waals surface area contributed by atoms with Crippen molar-refractivity contribution in [3.63, 3.8) is 0 Å². The molecule has 0 aromatic carbocycles. The second-order valence-electron chi connectivity index (χ2n) is 4.50. The SMILES string of the molecule is ClCc1c(C2CCCC2)nn(-c2nccs2)c1Cl. The summed E-state index contributed by atoms with van der Waals surface area (Å²) in [5.74, 6) is 0.924. The maximum absolute atomic E-state index is 6.38. The largest absolute Gasteiger partial charge is 0.227 e. The molecule has 1 saturated carbocycles. The predicted octanol–water partition coefficient (Wildman–Crippen LogP) is 4.38. The van der Waals surface area contributed by atoms with Crippen LogP contribution in [-0.2, 0) is 5.88 Å². The van der Waals surface area contributed by atoms with Gasteiger partial charge in [0.15, 0.2) is 0 Å². The van der Waals surface area contributed by atoms with Crippen LogP contribution in [0.15, 0.2) is 11.6 Å². The van der Waals surface area contributed by atoms with Crippen LogP contribution in [0.25, 0.3) is 5.13 Å². The van der Waals surface area contributed by atoms with Gasteiger partial charge >= 0.3 is 0 Å². The number of nitrogens with zero attached hydrogens (tertiary/aromatic N) is 3. The van der Waals surface area contributed by atoms with E-state index in [0.717, 1.165) is 16.4 Å². The van der Waals surface area contributed by atoms with Crippen molar-refractivity contribution >= 4 is 34.5 Å². The van der Waals surface area contributed by atoms with Crippen LogP contribution in [0.4, 0.5) is 0 Å². The van der Waals surface area contributed by atoms with Crippen LogP contribution in [0.1, 0.15) is 42.9 Å². The highest BCUT2D eigenvalue weighted by Gasteiger charge is 2.26. The molecule has 0 unspecified atom stereocenters. The highest BCUT2D eigenvalue weighted by Crippen LogP contribution is 2.38. The summed E-state index contributed by atoms with van der Waals surface area (Å²) in [5, 5.41) is 7.99. The van der Waals surface area contributed by atoms with Gasteiger partial charge in [-0.3, -0.25) is 0 Å². The molecule has 0 atom stereocenters. The third-order valence-electron chi connectivity index (χ3n) is 3.43. The Labute approximate surface area is 120 Å². The molecule has 2 aromatic rings. The number of halogens is 2. The molecule has 3 nitrogen and oxygen atoms in total. The van der Waals surface area contributed by atoms with Crippen molar-refractivity contribution in [2.24, 2.45) is 0 Å².